The maximum absolute atomic E-state index is 4.08. The van der Waals surface area contributed by atoms with Crippen LogP contribution in [0.25, 0.3) is 0 Å². The van der Waals surface area contributed by atoms with Gasteiger partial charge in [-0.25, -0.2) is 0 Å². The lowest BCUT2D eigenvalue weighted by Gasteiger charge is -2.36. The molecule has 0 unspecified atom stereocenters. The van der Waals surface area contributed by atoms with E-state index in [2.05, 4.69) is 26.9 Å². The van der Waals surface area contributed by atoms with E-state index in [-0.39, 0.29) is 0 Å². The summed E-state index contributed by atoms with van der Waals surface area (Å²) in [5.74, 6) is 0. The monoisotopic (exact) mass is 245 g/mol. The molecule has 98 valence electrons. The SMILES string of the molecule is c1cc(CN2CCC(N3CCCC3)CC2)ccn1. The van der Waals surface area contributed by atoms with E-state index in [0.717, 1.165) is 12.6 Å². The number of rotatable bonds is 3. The van der Waals surface area contributed by atoms with Crippen LogP contribution in [-0.2, 0) is 6.54 Å². The third-order valence-electron chi connectivity index (χ3n) is 4.37. The van der Waals surface area contributed by atoms with E-state index >= 15 is 0 Å². The van der Waals surface area contributed by atoms with Crippen molar-refractivity contribution in [3.8, 4) is 0 Å². The number of aromatic nitrogens is 1. The lowest BCUT2D eigenvalue weighted by molar-refractivity contribution is 0.122. The molecule has 0 spiro atoms. The molecule has 0 saturated carbocycles. The lowest BCUT2D eigenvalue weighted by Crippen LogP contribution is -2.43. The first-order chi connectivity index (χ1) is 8.92. The van der Waals surface area contributed by atoms with Crippen LogP contribution in [0.5, 0.6) is 0 Å². The minimum absolute atomic E-state index is 0.862. The standard InChI is InChI=1S/C15H23N3/c1-2-10-18(9-1)15-5-11-17(12-6-15)13-14-3-7-16-8-4-14/h3-4,7-8,15H,1-2,5-6,9-13H2. The zero-order valence-electron chi connectivity index (χ0n) is 11.1. The minimum Gasteiger partial charge on any atom is -0.300 e. The summed E-state index contributed by atoms with van der Waals surface area (Å²) in [4.78, 5) is 9.37. The molecule has 0 amide bonds. The number of piperidine rings is 1. The third-order valence-corrected chi connectivity index (χ3v) is 4.37. The van der Waals surface area contributed by atoms with E-state index in [1.54, 1.807) is 0 Å². The van der Waals surface area contributed by atoms with Gasteiger partial charge in [0.25, 0.3) is 0 Å². The van der Waals surface area contributed by atoms with E-state index in [1.807, 2.05) is 12.4 Å². The Morgan fingerprint density at radius 3 is 2.33 bits per heavy atom. The van der Waals surface area contributed by atoms with Crippen LogP contribution in [0.4, 0.5) is 0 Å². The van der Waals surface area contributed by atoms with Gasteiger partial charge >= 0.3 is 0 Å². The molecular formula is C15H23N3. The Morgan fingerprint density at radius 1 is 1.00 bits per heavy atom. The molecule has 0 aliphatic carbocycles. The summed E-state index contributed by atoms with van der Waals surface area (Å²) < 4.78 is 0. The van der Waals surface area contributed by atoms with Crippen LogP contribution in [0.15, 0.2) is 24.5 Å². The number of nitrogens with zero attached hydrogens (tertiary/aromatic N) is 3. The van der Waals surface area contributed by atoms with Crippen LogP contribution < -0.4 is 0 Å². The van der Waals surface area contributed by atoms with Gasteiger partial charge in [-0.3, -0.25) is 9.88 Å². The Kier molecular flexibility index (Phi) is 3.91. The number of hydrogen-bond donors (Lipinski definition) is 0. The Labute approximate surface area is 110 Å². The summed E-state index contributed by atoms with van der Waals surface area (Å²) in [5, 5.41) is 0. The number of likely N-dealkylation sites (tertiary alicyclic amines) is 2. The highest BCUT2D eigenvalue weighted by atomic mass is 15.2. The van der Waals surface area contributed by atoms with E-state index < -0.39 is 0 Å². The summed E-state index contributed by atoms with van der Waals surface area (Å²) >= 11 is 0. The molecule has 0 atom stereocenters. The molecule has 3 heteroatoms. The van der Waals surface area contributed by atoms with Gasteiger partial charge in [0.2, 0.25) is 0 Å². The Balaban J connectivity index is 1.48. The normalized spacial score (nSPS) is 23.6. The van der Waals surface area contributed by atoms with Crippen LogP contribution in [-0.4, -0.2) is 47.0 Å². The van der Waals surface area contributed by atoms with Gasteiger partial charge in [-0.1, -0.05) is 0 Å². The van der Waals surface area contributed by atoms with Crippen LogP contribution in [0.1, 0.15) is 31.2 Å². The largest absolute Gasteiger partial charge is 0.300 e. The Bertz CT molecular complexity index is 351. The van der Waals surface area contributed by atoms with Crippen molar-refractivity contribution in [3.05, 3.63) is 30.1 Å². The van der Waals surface area contributed by atoms with Gasteiger partial charge < -0.3 is 4.90 Å². The van der Waals surface area contributed by atoms with Gasteiger partial charge in [0.05, 0.1) is 0 Å². The molecule has 1 aromatic rings. The van der Waals surface area contributed by atoms with Crippen molar-refractivity contribution in [1.82, 2.24) is 14.8 Å². The average molecular weight is 245 g/mol. The van der Waals surface area contributed by atoms with Crippen LogP contribution in [0.3, 0.4) is 0 Å². The fraction of sp³-hybridized carbons (Fsp3) is 0.667. The van der Waals surface area contributed by atoms with E-state index in [4.69, 9.17) is 0 Å². The number of hydrogen-bond acceptors (Lipinski definition) is 3. The molecule has 0 bridgehead atoms. The van der Waals surface area contributed by atoms with E-state index in [0.29, 0.717) is 0 Å². The molecule has 2 saturated heterocycles. The van der Waals surface area contributed by atoms with Crippen LogP contribution >= 0.6 is 0 Å². The zero-order chi connectivity index (χ0) is 12.2. The summed E-state index contributed by atoms with van der Waals surface area (Å²) in [6, 6.07) is 5.13. The lowest BCUT2D eigenvalue weighted by atomic mass is 10.0. The van der Waals surface area contributed by atoms with Gasteiger partial charge in [-0.2, -0.15) is 0 Å². The molecule has 0 radical (unpaired) electrons. The average Bonchev–Trinajstić information content (AvgIpc) is 2.95. The van der Waals surface area contributed by atoms with Gasteiger partial charge in [-0.05, 0) is 69.6 Å². The second kappa shape index (κ2) is 5.81. The Morgan fingerprint density at radius 2 is 1.67 bits per heavy atom. The first-order valence-corrected chi connectivity index (χ1v) is 7.27. The maximum atomic E-state index is 4.08. The van der Waals surface area contributed by atoms with Crippen molar-refractivity contribution < 1.29 is 0 Å². The third kappa shape index (κ3) is 2.90. The summed E-state index contributed by atoms with van der Waals surface area (Å²) in [7, 11) is 0. The number of pyridine rings is 1. The molecule has 1 aromatic heterocycles. The van der Waals surface area contributed by atoms with Crippen molar-refractivity contribution in [2.24, 2.45) is 0 Å². The molecular weight excluding hydrogens is 222 g/mol. The molecule has 0 aromatic carbocycles. The molecule has 18 heavy (non-hydrogen) atoms. The van der Waals surface area contributed by atoms with Gasteiger partial charge in [0, 0.05) is 25.0 Å². The summed E-state index contributed by atoms with van der Waals surface area (Å²) in [6.07, 6.45) is 9.32. The predicted octanol–water partition coefficient (Wildman–Crippen LogP) is 2.14. The fourth-order valence-corrected chi connectivity index (χ4v) is 3.30. The molecule has 2 aliphatic rings. The topological polar surface area (TPSA) is 19.4 Å². The molecule has 0 N–H and O–H groups in total. The van der Waals surface area contributed by atoms with Gasteiger partial charge in [-0.15, -0.1) is 0 Å². The molecule has 2 fully saturated rings. The van der Waals surface area contributed by atoms with Crippen molar-refractivity contribution >= 4 is 0 Å². The van der Waals surface area contributed by atoms with Crippen LogP contribution in [0, 0.1) is 0 Å². The first kappa shape index (κ1) is 12.1. The zero-order valence-corrected chi connectivity index (χ0v) is 11.1. The van der Waals surface area contributed by atoms with Crippen molar-refractivity contribution in [2.75, 3.05) is 26.2 Å². The fourth-order valence-electron chi connectivity index (χ4n) is 3.30. The van der Waals surface area contributed by atoms with Crippen molar-refractivity contribution in [3.63, 3.8) is 0 Å². The first-order valence-electron chi connectivity index (χ1n) is 7.27. The quantitative estimate of drug-likeness (QED) is 0.813. The van der Waals surface area contributed by atoms with Crippen molar-refractivity contribution in [1.29, 1.82) is 0 Å². The smallest absolute Gasteiger partial charge is 0.0271 e. The van der Waals surface area contributed by atoms with Gasteiger partial charge in [0.15, 0.2) is 0 Å². The molecule has 2 aliphatic heterocycles. The van der Waals surface area contributed by atoms with E-state index in [1.165, 1.54) is 57.4 Å². The molecule has 3 heterocycles. The summed E-state index contributed by atoms with van der Waals surface area (Å²) in [5.41, 5.74) is 1.39. The summed E-state index contributed by atoms with van der Waals surface area (Å²) in [6.45, 7) is 6.28. The highest BCUT2D eigenvalue weighted by molar-refractivity contribution is 5.09. The molecule has 3 rings (SSSR count). The van der Waals surface area contributed by atoms with Gasteiger partial charge in [0.1, 0.15) is 0 Å². The minimum atomic E-state index is 0.862. The second-order valence-corrected chi connectivity index (χ2v) is 5.61. The van der Waals surface area contributed by atoms with Crippen LogP contribution in [0.2, 0.25) is 0 Å². The maximum Gasteiger partial charge on any atom is 0.0271 e. The molecule has 3 nitrogen and oxygen atoms in total. The van der Waals surface area contributed by atoms with Crippen molar-refractivity contribution in [2.45, 2.75) is 38.3 Å². The predicted molar refractivity (Wildman–Crippen MR) is 73.3 cm³/mol. The highest BCUT2D eigenvalue weighted by Crippen LogP contribution is 2.21. The Hall–Kier alpha value is -0.930. The highest BCUT2D eigenvalue weighted by Gasteiger charge is 2.26. The van der Waals surface area contributed by atoms with E-state index in [9.17, 15) is 0 Å². The second-order valence-electron chi connectivity index (χ2n) is 5.61.